The van der Waals surface area contributed by atoms with Crippen LogP contribution < -0.4 is 0 Å². The average Bonchev–Trinajstić information content (AvgIpc) is 3.89. The molecule has 9 heteroatoms. The van der Waals surface area contributed by atoms with Gasteiger partial charge >= 0.3 is 0 Å². The maximum absolute atomic E-state index is 4.78. The van der Waals surface area contributed by atoms with Gasteiger partial charge in [0.1, 0.15) is 22.1 Å². The Kier molecular flexibility index (Phi) is 9.79. The second kappa shape index (κ2) is 14.3. The molecule has 5 aromatic heterocycles. The summed E-state index contributed by atoms with van der Waals surface area (Å²) in [5, 5.41) is 0. The lowest BCUT2D eigenvalue weighted by Crippen LogP contribution is -1.82. The van der Waals surface area contributed by atoms with E-state index in [-0.39, 0.29) is 0 Å². The van der Waals surface area contributed by atoms with Crippen molar-refractivity contribution in [1.29, 1.82) is 0 Å². The molecule has 45 heavy (non-hydrogen) atoms. The first-order chi connectivity index (χ1) is 22.2. The molecule has 0 atom stereocenters. The lowest BCUT2D eigenvalue weighted by molar-refractivity contribution is 0.670. The van der Waals surface area contributed by atoms with Gasteiger partial charge in [-0.2, -0.15) is 17.5 Å². The van der Waals surface area contributed by atoms with Gasteiger partial charge < -0.3 is 0 Å². The molecule has 7 rings (SSSR count). The van der Waals surface area contributed by atoms with Gasteiger partial charge in [-0.15, -0.1) is 34.0 Å². The predicted octanol–water partition coefficient (Wildman–Crippen LogP) is 12.8. The molecule has 0 saturated carbocycles. The predicted molar refractivity (Wildman–Crippen MR) is 199 cm³/mol. The van der Waals surface area contributed by atoms with Crippen molar-refractivity contribution in [2.75, 3.05) is 0 Å². The summed E-state index contributed by atoms with van der Waals surface area (Å²) in [4.78, 5) is 7.88. The van der Waals surface area contributed by atoms with Crippen LogP contribution in [0, 0.1) is 0 Å². The third-order valence-electron chi connectivity index (χ3n) is 8.38. The Morgan fingerprint density at radius 3 is 1.13 bits per heavy atom. The van der Waals surface area contributed by atoms with Gasteiger partial charge in [-0.3, -0.25) is 0 Å². The van der Waals surface area contributed by atoms with Gasteiger partial charge in [0.25, 0.3) is 0 Å². The molecule has 4 nitrogen and oxygen atoms in total. The van der Waals surface area contributed by atoms with Crippen molar-refractivity contribution >= 4 is 79.5 Å². The summed E-state index contributed by atoms with van der Waals surface area (Å²) in [6.45, 7) is 4.53. The first kappa shape index (κ1) is 30.8. The van der Waals surface area contributed by atoms with Gasteiger partial charge in [0.15, 0.2) is 0 Å². The van der Waals surface area contributed by atoms with Crippen molar-refractivity contribution in [2.45, 2.75) is 78.1 Å². The van der Waals surface area contributed by atoms with E-state index in [0.29, 0.717) is 0 Å². The molecular weight excluding hydrogens is 649 g/mol. The molecular formula is C36H36N4S5. The van der Waals surface area contributed by atoms with Gasteiger partial charge in [-0.1, -0.05) is 76.6 Å². The molecule has 0 aliphatic heterocycles. The second-order valence-electron chi connectivity index (χ2n) is 11.6. The Morgan fingerprint density at radius 1 is 0.400 bits per heavy atom. The number of benzene rings is 2. The van der Waals surface area contributed by atoms with Crippen LogP contribution in [0.15, 0.2) is 60.7 Å². The zero-order valence-electron chi connectivity index (χ0n) is 25.7. The standard InChI is InChI=1S/C36H36N4S5/c1-3-5-7-9-11-23-13-19-29(41-23)25-15-17-27(35-33(25)37-44-39-35)31-21-22-32(43-31)28-18-16-26(34-36(28)40-45-38-34)30-20-14-24(42-30)12-10-8-6-4-2/h13-22H,3-12H2,1-2H3. The maximum atomic E-state index is 4.78. The third kappa shape index (κ3) is 6.56. The summed E-state index contributed by atoms with van der Waals surface area (Å²) >= 11 is 8.20. The highest BCUT2D eigenvalue weighted by molar-refractivity contribution is 7.19. The number of rotatable bonds is 14. The Bertz CT molecular complexity index is 1880. The molecule has 0 fully saturated rings. The van der Waals surface area contributed by atoms with Crippen molar-refractivity contribution in [1.82, 2.24) is 17.5 Å². The molecule has 0 saturated heterocycles. The van der Waals surface area contributed by atoms with Gasteiger partial charge in [0.2, 0.25) is 0 Å². The van der Waals surface area contributed by atoms with Crippen molar-refractivity contribution in [3.05, 3.63) is 70.4 Å². The zero-order chi connectivity index (χ0) is 30.6. The van der Waals surface area contributed by atoms with Crippen LogP contribution in [0.1, 0.15) is 75.0 Å². The maximum Gasteiger partial charge on any atom is 0.114 e. The van der Waals surface area contributed by atoms with Crippen LogP contribution in [0.5, 0.6) is 0 Å². The van der Waals surface area contributed by atoms with Crippen molar-refractivity contribution < 1.29 is 0 Å². The van der Waals surface area contributed by atoms with Crippen molar-refractivity contribution in [3.8, 4) is 41.8 Å². The monoisotopic (exact) mass is 684 g/mol. The van der Waals surface area contributed by atoms with E-state index in [2.05, 4.69) is 74.5 Å². The first-order valence-electron chi connectivity index (χ1n) is 16.0. The Morgan fingerprint density at radius 2 is 0.756 bits per heavy atom. The van der Waals surface area contributed by atoms with Crippen LogP contribution in [0.3, 0.4) is 0 Å². The molecule has 0 bridgehead atoms. The van der Waals surface area contributed by atoms with Gasteiger partial charge in [-0.05, 0) is 62.1 Å². The molecule has 0 radical (unpaired) electrons. The summed E-state index contributed by atoms with van der Waals surface area (Å²) in [7, 11) is 0. The largest absolute Gasteiger partial charge is 0.172 e. The highest BCUT2D eigenvalue weighted by Gasteiger charge is 2.19. The van der Waals surface area contributed by atoms with Crippen LogP contribution in [0.4, 0.5) is 0 Å². The Hall–Kier alpha value is -2.82. The first-order valence-corrected chi connectivity index (χ1v) is 19.9. The van der Waals surface area contributed by atoms with E-state index < -0.39 is 0 Å². The highest BCUT2D eigenvalue weighted by atomic mass is 32.1. The van der Waals surface area contributed by atoms with E-state index in [1.165, 1.54) is 115 Å². The molecule has 0 amide bonds. The average molecular weight is 685 g/mol. The smallest absolute Gasteiger partial charge is 0.114 e. The third-order valence-corrected chi connectivity index (χ3v) is 12.9. The highest BCUT2D eigenvalue weighted by Crippen LogP contribution is 2.44. The van der Waals surface area contributed by atoms with E-state index in [4.69, 9.17) is 17.5 Å². The number of hydrogen-bond acceptors (Lipinski definition) is 9. The fourth-order valence-electron chi connectivity index (χ4n) is 5.92. The summed E-state index contributed by atoms with van der Waals surface area (Å²) in [5.74, 6) is 0. The quantitative estimate of drug-likeness (QED) is 0.107. The number of hydrogen-bond donors (Lipinski definition) is 0. The lowest BCUT2D eigenvalue weighted by atomic mass is 10.0. The Labute approximate surface area is 285 Å². The minimum absolute atomic E-state index is 0.989. The molecule has 230 valence electrons. The number of nitrogens with zero attached hydrogens (tertiary/aromatic N) is 4. The summed E-state index contributed by atoms with van der Waals surface area (Å²) in [6, 6.07) is 22.5. The SMILES string of the molecule is CCCCCCc1ccc(-c2ccc(-c3ccc(-c4ccc(-c5ccc(CCCCCC)s5)c5nsnc45)s3)c3nsnc23)s1. The summed E-state index contributed by atoms with van der Waals surface area (Å²) in [5.41, 5.74) is 8.64. The molecule has 5 heterocycles. The topological polar surface area (TPSA) is 51.6 Å². The minimum Gasteiger partial charge on any atom is -0.172 e. The summed E-state index contributed by atoms with van der Waals surface area (Å²) in [6.07, 6.45) is 12.7. The number of fused-ring (bicyclic) bond motifs is 2. The molecule has 0 aliphatic rings. The normalized spacial score (nSPS) is 11.8. The van der Waals surface area contributed by atoms with E-state index >= 15 is 0 Å². The van der Waals surface area contributed by atoms with Crippen molar-refractivity contribution in [3.63, 3.8) is 0 Å². The van der Waals surface area contributed by atoms with Crippen LogP contribution in [0.2, 0.25) is 0 Å². The van der Waals surface area contributed by atoms with E-state index in [0.717, 1.165) is 46.0 Å². The zero-order valence-corrected chi connectivity index (χ0v) is 29.8. The fraction of sp³-hybridized carbons (Fsp3) is 0.333. The van der Waals surface area contributed by atoms with Crippen LogP contribution in [0.25, 0.3) is 63.8 Å². The number of thiophene rings is 3. The molecule has 0 aliphatic carbocycles. The molecule has 0 unspecified atom stereocenters. The van der Waals surface area contributed by atoms with Gasteiger partial charge in [0.05, 0.1) is 23.5 Å². The molecule has 2 aromatic carbocycles. The number of aromatic nitrogens is 4. The number of aryl methyl sites for hydroxylation is 2. The Balaban J connectivity index is 1.14. The van der Waals surface area contributed by atoms with Crippen LogP contribution in [-0.4, -0.2) is 17.5 Å². The van der Waals surface area contributed by atoms with Gasteiger partial charge in [-0.25, -0.2) is 0 Å². The number of unbranched alkanes of at least 4 members (excludes halogenated alkanes) is 6. The summed E-state index contributed by atoms with van der Waals surface area (Å²) < 4.78 is 19.1. The second-order valence-corrected chi connectivity index (χ2v) is 16.0. The van der Waals surface area contributed by atoms with Gasteiger partial charge in [0, 0.05) is 51.5 Å². The molecule has 0 spiro atoms. The molecule has 0 N–H and O–H groups in total. The van der Waals surface area contributed by atoms with Crippen molar-refractivity contribution in [2.24, 2.45) is 0 Å². The van der Waals surface area contributed by atoms with E-state index in [1.807, 2.05) is 22.7 Å². The molecule has 7 aromatic rings. The fourth-order valence-corrected chi connectivity index (χ4v) is 10.3. The van der Waals surface area contributed by atoms with E-state index in [9.17, 15) is 0 Å². The lowest BCUT2D eigenvalue weighted by Gasteiger charge is -2.05. The minimum atomic E-state index is 0.989. The van der Waals surface area contributed by atoms with Crippen LogP contribution in [-0.2, 0) is 12.8 Å². The van der Waals surface area contributed by atoms with E-state index in [1.54, 1.807) is 11.3 Å². The van der Waals surface area contributed by atoms with Crippen LogP contribution >= 0.6 is 57.5 Å².